The van der Waals surface area contributed by atoms with Crippen molar-refractivity contribution in [1.82, 2.24) is 0 Å². The zero-order valence-electron chi connectivity index (χ0n) is 9.90. The minimum Gasteiger partial charge on any atom is -0.493 e. The van der Waals surface area contributed by atoms with Gasteiger partial charge in [-0.25, -0.2) is 0 Å². The van der Waals surface area contributed by atoms with Crippen molar-refractivity contribution in [2.75, 3.05) is 6.61 Å². The van der Waals surface area contributed by atoms with E-state index in [-0.39, 0.29) is 11.8 Å². The van der Waals surface area contributed by atoms with E-state index in [1.807, 2.05) is 32.0 Å². The van der Waals surface area contributed by atoms with Crippen LogP contribution in [-0.2, 0) is 0 Å². The third kappa shape index (κ3) is 3.15. The van der Waals surface area contributed by atoms with E-state index in [9.17, 15) is 0 Å². The smallest absolute Gasteiger partial charge is 0.145 e. The Labute approximate surface area is 95.7 Å². The van der Waals surface area contributed by atoms with Crippen molar-refractivity contribution in [2.24, 2.45) is 16.8 Å². The normalized spacial score (nSPS) is 13.6. The molecule has 1 rings (SSSR count). The number of rotatable bonds is 4. The molecule has 0 aliphatic carbocycles. The van der Waals surface area contributed by atoms with Gasteiger partial charge in [-0.2, -0.15) is 0 Å². The first-order valence-electron chi connectivity index (χ1n) is 5.22. The van der Waals surface area contributed by atoms with Gasteiger partial charge in [-0.1, -0.05) is 18.1 Å². The van der Waals surface area contributed by atoms with E-state index in [0.29, 0.717) is 6.61 Å². The van der Waals surface area contributed by atoms with Crippen LogP contribution in [0.2, 0.25) is 0 Å². The largest absolute Gasteiger partial charge is 0.493 e. The molecule has 3 N–H and O–H groups in total. The summed E-state index contributed by atoms with van der Waals surface area (Å²) in [6.07, 6.45) is 0. The summed E-state index contributed by atoms with van der Waals surface area (Å²) in [5.74, 6) is 0.885. The van der Waals surface area contributed by atoms with Crippen LogP contribution in [0.5, 0.6) is 5.75 Å². The fourth-order valence-electron chi connectivity index (χ4n) is 1.21. The average Bonchev–Trinajstić information content (AvgIpc) is 2.29. The second kappa shape index (κ2) is 5.39. The van der Waals surface area contributed by atoms with E-state index >= 15 is 0 Å². The van der Waals surface area contributed by atoms with Gasteiger partial charge >= 0.3 is 0 Å². The molecule has 4 heteroatoms. The van der Waals surface area contributed by atoms with Crippen molar-refractivity contribution in [3.63, 3.8) is 0 Å². The van der Waals surface area contributed by atoms with Gasteiger partial charge in [0.15, 0.2) is 0 Å². The number of oxime groups is 1. The molecule has 1 aromatic carbocycles. The van der Waals surface area contributed by atoms with Gasteiger partial charge in [-0.15, -0.1) is 0 Å². The molecule has 0 aromatic heterocycles. The van der Waals surface area contributed by atoms with Crippen LogP contribution in [0.3, 0.4) is 0 Å². The first kappa shape index (κ1) is 12.4. The van der Waals surface area contributed by atoms with Crippen molar-refractivity contribution in [2.45, 2.75) is 20.8 Å². The van der Waals surface area contributed by atoms with Crippen molar-refractivity contribution >= 4 is 5.84 Å². The van der Waals surface area contributed by atoms with Crippen molar-refractivity contribution in [3.8, 4) is 5.75 Å². The highest BCUT2D eigenvalue weighted by Crippen LogP contribution is 2.17. The summed E-state index contributed by atoms with van der Waals surface area (Å²) in [5, 5.41) is 11.4. The summed E-state index contributed by atoms with van der Waals surface area (Å²) in [7, 11) is 0. The Hall–Kier alpha value is -1.71. The molecular formula is C12H18N2O2. The maximum Gasteiger partial charge on any atom is 0.145 e. The molecule has 16 heavy (non-hydrogen) atoms. The Morgan fingerprint density at radius 3 is 2.69 bits per heavy atom. The highest BCUT2D eigenvalue weighted by Gasteiger charge is 2.08. The lowest BCUT2D eigenvalue weighted by molar-refractivity contribution is 0.279. The van der Waals surface area contributed by atoms with Crippen LogP contribution in [0.25, 0.3) is 0 Å². The van der Waals surface area contributed by atoms with E-state index in [2.05, 4.69) is 12.1 Å². The molecule has 0 fully saturated rings. The van der Waals surface area contributed by atoms with Gasteiger partial charge in [0.05, 0.1) is 12.5 Å². The summed E-state index contributed by atoms with van der Waals surface area (Å²) < 4.78 is 5.55. The van der Waals surface area contributed by atoms with Crippen LogP contribution in [0, 0.1) is 19.8 Å². The molecule has 0 saturated carbocycles. The van der Waals surface area contributed by atoms with Gasteiger partial charge < -0.3 is 15.7 Å². The minimum absolute atomic E-state index is 0.105. The van der Waals surface area contributed by atoms with Gasteiger partial charge in [-0.05, 0) is 37.1 Å². The number of aryl methyl sites for hydroxylation is 2. The zero-order chi connectivity index (χ0) is 12.1. The Balaban J connectivity index is 2.58. The van der Waals surface area contributed by atoms with Gasteiger partial charge in [0.25, 0.3) is 0 Å². The van der Waals surface area contributed by atoms with Crippen LogP contribution in [0.1, 0.15) is 18.1 Å². The van der Waals surface area contributed by atoms with Crippen molar-refractivity contribution < 1.29 is 9.94 Å². The SMILES string of the molecule is Cc1ccc(OCC(C)/C(N)=N/O)cc1C. The topological polar surface area (TPSA) is 67.8 Å². The second-order valence-corrected chi connectivity index (χ2v) is 3.98. The van der Waals surface area contributed by atoms with Crippen molar-refractivity contribution in [3.05, 3.63) is 29.3 Å². The first-order chi connectivity index (χ1) is 7.54. The Morgan fingerprint density at radius 1 is 1.44 bits per heavy atom. The van der Waals surface area contributed by atoms with Gasteiger partial charge in [0.2, 0.25) is 0 Å². The quantitative estimate of drug-likeness (QED) is 0.354. The Kier molecular flexibility index (Phi) is 4.17. The predicted molar refractivity (Wildman–Crippen MR) is 64.0 cm³/mol. The number of nitrogens with two attached hydrogens (primary N) is 1. The summed E-state index contributed by atoms with van der Waals surface area (Å²) in [6, 6.07) is 5.91. The molecule has 0 radical (unpaired) electrons. The van der Waals surface area contributed by atoms with Crippen LogP contribution in [0.4, 0.5) is 0 Å². The molecule has 0 saturated heterocycles. The molecule has 88 valence electrons. The number of benzene rings is 1. The molecule has 0 heterocycles. The zero-order valence-corrected chi connectivity index (χ0v) is 9.90. The van der Waals surface area contributed by atoms with Gasteiger partial charge in [-0.3, -0.25) is 0 Å². The average molecular weight is 222 g/mol. The van der Waals surface area contributed by atoms with E-state index in [1.165, 1.54) is 11.1 Å². The molecule has 4 nitrogen and oxygen atoms in total. The summed E-state index contributed by atoms with van der Waals surface area (Å²) in [5.41, 5.74) is 7.88. The molecular weight excluding hydrogens is 204 g/mol. The molecule has 0 bridgehead atoms. The van der Waals surface area contributed by atoms with E-state index < -0.39 is 0 Å². The van der Waals surface area contributed by atoms with Crippen LogP contribution in [0.15, 0.2) is 23.4 Å². The number of hydrogen-bond donors (Lipinski definition) is 2. The van der Waals surface area contributed by atoms with Gasteiger partial charge in [0.1, 0.15) is 11.6 Å². The van der Waals surface area contributed by atoms with E-state index in [4.69, 9.17) is 15.7 Å². The molecule has 0 aliphatic heterocycles. The standard InChI is InChI=1S/C12H18N2O2/c1-8-4-5-11(6-9(8)2)16-7-10(3)12(13)14-15/h4-6,10,15H,7H2,1-3H3,(H2,13,14). The molecule has 0 amide bonds. The van der Waals surface area contributed by atoms with E-state index in [1.54, 1.807) is 0 Å². The third-order valence-electron chi connectivity index (χ3n) is 2.60. The lowest BCUT2D eigenvalue weighted by Crippen LogP contribution is -2.26. The molecule has 1 aromatic rings. The highest BCUT2D eigenvalue weighted by molar-refractivity contribution is 5.81. The fraction of sp³-hybridized carbons (Fsp3) is 0.417. The minimum atomic E-state index is -0.105. The maximum absolute atomic E-state index is 8.49. The molecule has 1 unspecified atom stereocenters. The highest BCUT2D eigenvalue weighted by atomic mass is 16.5. The number of nitrogens with zero attached hydrogens (tertiary/aromatic N) is 1. The molecule has 0 spiro atoms. The second-order valence-electron chi connectivity index (χ2n) is 3.98. The van der Waals surface area contributed by atoms with Crippen LogP contribution in [-0.4, -0.2) is 17.6 Å². The predicted octanol–water partition coefficient (Wildman–Crippen LogP) is 2.06. The van der Waals surface area contributed by atoms with E-state index in [0.717, 1.165) is 5.75 Å². The van der Waals surface area contributed by atoms with Gasteiger partial charge in [0, 0.05) is 0 Å². The lowest BCUT2D eigenvalue weighted by Gasteiger charge is -2.12. The molecule has 0 aliphatic rings. The number of amidine groups is 1. The van der Waals surface area contributed by atoms with Crippen LogP contribution < -0.4 is 10.5 Å². The summed E-state index contributed by atoms with van der Waals surface area (Å²) in [4.78, 5) is 0. The number of ether oxygens (including phenoxy) is 1. The third-order valence-corrected chi connectivity index (χ3v) is 2.60. The summed E-state index contributed by atoms with van der Waals surface area (Å²) in [6.45, 7) is 6.34. The van der Waals surface area contributed by atoms with Crippen LogP contribution >= 0.6 is 0 Å². The lowest BCUT2D eigenvalue weighted by atomic mass is 10.1. The first-order valence-corrected chi connectivity index (χ1v) is 5.22. The summed E-state index contributed by atoms with van der Waals surface area (Å²) >= 11 is 0. The Bertz CT molecular complexity index is 389. The fourth-order valence-corrected chi connectivity index (χ4v) is 1.21. The maximum atomic E-state index is 8.49. The number of hydrogen-bond acceptors (Lipinski definition) is 3. The Morgan fingerprint density at radius 2 is 2.12 bits per heavy atom. The van der Waals surface area contributed by atoms with Crippen molar-refractivity contribution in [1.29, 1.82) is 0 Å². The monoisotopic (exact) mass is 222 g/mol. The molecule has 1 atom stereocenters.